The first-order valence-corrected chi connectivity index (χ1v) is 7.60. The topological polar surface area (TPSA) is 49.4 Å². The number of rotatable bonds is 4. The summed E-state index contributed by atoms with van der Waals surface area (Å²) in [5.41, 5.74) is -0.662. The summed E-state index contributed by atoms with van der Waals surface area (Å²) in [7, 11) is 0. The Morgan fingerprint density at radius 2 is 2.26 bits per heavy atom. The first-order chi connectivity index (χ1) is 9.09. The molecule has 4 nitrogen and oxygen atoms in total. The van der Waals surface area contributed by atoms with E-state index in [1.807, 2.05) is 18.4 Å². The summed E-state index contributed by atoms with van der Waals surface area (Å²) in [6.07, 6.45) is 2.92. The third-order valence-electron chi connectivity index (χ3n) is 4.07. The lowest BCUT2D eigenvalue weighted by Gasteiger charge is -2.40. The van der Waals surface area contributed by atoms with Gasteiger partial charge in [-0.1, -0.05) is 6.07 Å². The van der Waals surface area contributed by atoms with Crippen LogP contribution in [0.1, 0.15) is 24.6 Å². The maximum absolute atomic E-state index is 12.5. The van der Waals surface area contributed by atoms with Crippen LogP contribution < -0.4 is 5.32 Å². The highest BCUT2D eigenvalue weighted by Gasteiger charge is 2.52. The van der Waals surface area contributed by atoms with Crippen molar-refractivity contribution in [3.63, 3.8) is 0 Å². The number of piperazine rings is 1. The summed E-state index contributed by atoms with van der Waals surface area (Å²) < 4.78 is 0. The predicted molar refractivity (Wildman–Crippen MR) is 73.9 cm³/mol. The van der Waals surface area contributed by atoms with Gasteiger partial charge in [-0.05, 0) is 43.6 Å². The fourth-order valence-corrected chi connectivity index (χ4v) is 3.47. The van der Waals surface area contributed by atoms with Crippen LogP contribution >= 0.6 is 11.3 Å². The van der Waals surface area contributed by atoms with Crippen LogP contribution in [0.3, 0.4) is 0 Å². The standard InChI is InChI=1S/C14H18N2O2S/c1-14(10-4-5-10)13(18)16(9-12(17)15-14)7-6-11-3-2-8-19-11/h2-3,8,10H,4-7,9H2,1H3,(H,15,17). The Bertz CT molecular complexity index is 496. The highest BCUT2D eigenvalue weighted by molar-refractivity contribution is 7.09. The number of carbonyl (C=O) groups is 2. The molecule has 1 aliphatic carbocycles. The average molecular weight is 278 g/mol. The van der Waals surface area contributed by atoms with Gasteiger partial charge in [0, 0.05) is 11.4 Å². The third kappa shape index (κ3) is 2.39. The van der Waals surface area contributed by atoms with Crippen LogP contribution in [0.15, 0.2) is 17.5 Å². The number of thiophene rings is 1. The number of hydrogen-bond donors (Lipinski definition) is 1. The molecule has 1 aromatic heterocycles. The average Bonchev–Trinajstić information content (AvgIpc) is 3.11. The summed E-state index contributed by atoms with van der Waals surface area (Å²) >= 11 is 1.69. The molecular formula is C14H18N2O2S. The van der Waals surface area contributed by atoms with Crippen molar-refractivity contribution >= 4 is 23.2 Å². The van der Waals surface area contributed by atoms with Gasteiger partial charge in [-0.2, -0.15) is 0 Å². The largest absolute Gasteiger partial charge is 0.340 e. The Kier molecular flexibility index (Phi) is 3.09. The number of carbonyl (C=O) groups excluding carboxylic acids is 2. The molecule has 0 bridgehead atoms. The SMILES string of the molecule is CC1(C2CC2)NC(=O)CN(CCc2cccs2)C1=O. The zero-order valence-electron chi connectivity index (χ0n) is 11.0. The molecule has 1 saturated carbocycles. The number of amides is 2. The summed E-state index contributed by atoms with van der Waals surface area (Å²) in [6, 6.07) is 4.08. The number of hydrogen-bond acceptors (Lipinski definition) is 3. The fourth-order valence-electron chi connectivity index (χ4n) is 2.77. The van der Waals surface area contributed by atoms with Gasteiger partial charge in [-0.15, -0.1) is 11.3 Å². The lowest BCUT2D eigenvalue weighted by atomic mass is 9.91. The molecule has 2 fully saturated rings. The third-order valence-corrected chi connectivity index (χ3v) is 5.00. The van der Waals surface area contributed by atoms with E-state index < -0.39 is 5.54 Å². The van der Waals surface area contributed by atoms with Crippen LogP contribution in [0, 0.1) is 5.92 Å². The minimum Gasteiger partial charge on any atom is -0.340 e. The summed E-state index contributed by atoms with van der Waals surface area (Å²) in [5, 5.41) is 4.94. The van der Waals surface area contributed by atoms with Crippen LogP contribution in [0.4, 0.5) is 0 Å². The molecule has 0 radical (unpaired) electrons. The van der Waals surface area contributed by atoms with Gasteiger partial charge in [0.15, 0.2) is 0 Å². The van der Waals surface area contributed by atoms with Crippen molar-refractivity contribution in [1.82, 2.24) is 10.2 Å². The molecule has 1 aliphatic heterocycles. The number of nitrogens with zero attached hydrogens (tertiary/aromatic N) is 1. The molecule has 2 heterocycles. The van der Waals surface area contributed by atoms with E-state index in [0.717, 1.165) is 19.3 Å². The van der Waals surface area contributed by atoms with Gasteiger partial charge < -0.3 is 10.2 Å². The van der Waals surface area contributed by atoms with Gasteiger partial charge in [-0.25, -0.2) is 0 Å². The second kappa shape index (κ2) is 4.63. The fraction of sp³-hybridized carbons (Fsp3) is 0.571. The lowest BCUT2D eigenvalue weighted by Crippen LogP contribution is -2.66. The van der Waals surface area contributed by atoms with Crippen LogP contribution in [0.2, 0.25) is 0 Å². The van der Waals surface area contributed by atoms with Gasteiger partial charge in [0.2, 0.25) is 11.8 Å². The van der Waals surface area contributed by atoms with Gasteiger partial charge in [0.1, 0.15) is 5.54 Å². The second-order valence-electron chi connectivity index (χ2n) is 5.58. The van der Waals surface area contributed by atoms with Crippen molar-refractivity contribution < 1.29 is 9.59 Å². The van der Waals surface area contributed by atoms with Crippen molar-refractivity contribution in [1.29, 1.82) is 0 Å². The van der Waals surface area contributed by atoms with Crippen molar-refractivity contribution in [2.45, 2.75) is 31.7 Å². The Balaban J connectivity index is 1.69. The van der Waals surface area contributed by atoms with Gasteiger partial charge >= 0.3 is 0 Å². The molecule has 1 aromatic rings. The predicted octanol–water partition coefficient (Wildman–Crippen LogP) is 1.42. The van der Waals surface area contributed by atoms with E-state index in [4.69, 9.17) is 0 Å². The Morgan fingerprint density at radius 3 is 2.89 bits per heavy atom. The van der Waals surface area contributed by atoms with E-state index >= 15 is 0 Å². The second-order valence-corrected chi connectivity index (χ2v) is 6.61. The van der Waals surface area contributed by atoms with E-state index in [9.17, 15) is 9.59 Å². The van der Waals surface area contributed by atoms with Gasteiger partial charge in [0.25, 0.3) is 0 Å². The Labute approximate surface area is 116 Å². The Hall–Kier alpha value is -1.36. The van der Waals surface area contributed by atoms with E-state index in [0.29, 0.717) is 12.5 Å². The van der Waals surface area contributed by atoms with Crippen LogP contribution in [0.25, 0.3) is 0 Å². The van der Waals surface area contributed by atoms with E-state index in [2.05, 4.69) is 11.4 Å². The van der Waals surface area contributed by atoms with Crippen LogP contribution in [-0.2, 0) is 16.0 Å². The first-order valence-electron chi connectivity index (χ1n) is 6.72. The van der Waals surface area contributed by atoms with E-state index in [1.165, 1.54) is 4.88 Å². The molecule has 1 saturated heterocycles. The molecule has 0 spiro atoms. The molecule has 1 atom stereocenters. The highest BCUT2D eigenvalue weighted by Crippen LogP contribution is 2.41. The molecule has 2 amide bonds. The van der Waals surface area contributed by atoms with Gasteiger partial charge in [0.05, 0.1) is 6.54 Å². The molecule has 1 N–H and O–H groups in total. The van der Waals surface area contributed by atoms with Crippen molar-refractivity contribution in [2.24, 2.45) is 5.92 Å². The normalized spacial score (nSPS) is 27.5. The number of nitrogens with one attached hydrogen (secondary N) is 1. The van der Waals surface area contributed by atoms with E-state index in [1.54, 1.807) is 16.2 Å². The molecular weight excluding hydrogens is 260 g/mol. The summed E-state index contributed by atoms with van der Waals surface area (Å²) in [6.45, 7) is 2.71. The van der Waals surface area contributed by atoms with Crippen LogP contribution in [0.5, 0.6) is 0 Å². The molecule has 0 aromatic carbocycles. The Morgan fingerprint density at radius 1 is 1.47 bits per heavy atom. The molecule has 2 aliphatic rings. The molecule has 102 valence electrons. The maximum Gasteiger partial charge on any atom is 0.248 e. The van der Waals surface area contributed by atoms with Crippen molar-refractivity contribution in [2.75, 3.05) is 13.1 Å². The summed E-state index contributed by atoms with van der Waals surface area (Å²) in [4.78, 5) is 27.3. The van der Waals surface area contributed by atoms with Gasteiger partial charge in [-0.3, -0.25) is 9.59 Å². The van der Waals surface area contributed by atoms with Crippen molar-refractivity contribution in [3.05, 3.63) is 22.4 Å². The maximum atomic E-state index is 12.5. The zero-order valence-corrected chi connectivity index (χ0v) is 11.8. The monoisotopic (exact) mass is 278 g/mol. The minimum atomic E-state index is -0.662. The van der Waals surface area contributed by atoms with E-state index in [-0.39, 0.29) is 18.4 Å². The molecule has 3 rings (SSSR count). The highest BCUT2D eigenvalue weighted by atomic mass is 32.1. The quantitative estimate of drug-likeness (QED) is 0.905. The zero-order chi connectivity index (χ0) is 13.5. The molecule has 19 heavy (non-hydrogen) atoms. The van der Waals surface area contributed by atoms with Crippen molar-refractivity contribution in [3.8, 4) is 0 Å². The lowest BCUT2D eigenvalue weighted by molar-refractivity contribution is -0.150. The molecule has 1 unspecified atom stereocenters. The minimum absolute atomic E-state index is 0.0276. The summed E-state index contributed by atoms with van der Waals surface area (Å²) in [5.74, 6) is 0.389. The van der Waals surface area contributed by atoms with Crippen LogP contribution in [-0.4, -0.2) is 35.3 Å². The molecule has 5 heteroatoms. The smallest absolute Gasteiger partial charge is 0.248 e. The first kappa shape index (κ1) is 12.7.